The Kier molecular flexibility index (Phi) is 5.78. The van der Waals surface area contributed by atoms with E-state index < -0.39 is 10.1 Å². The maximum absolute atomic E-state index is 10.6. The van der Waals surface area contributed by atoms with Gasteiger partial charge >= 0.3 is 0 Å². The van der Waals surface area contributed by atoms with E-state index in [4.69, 9.17) is 9.29 Å². The van der Waals surface area contributed by atoms with Gasteiger partial charge in [0.15, 0.2) is 0 Å². The van der Waals surface area contributed by atoms with Crippen molar-refractivity contribution in [2.24, 2.45) is 0 Å². The minimum atomic E-state index is -3.84. The molecule has 18 heavy (non-hydrogen) atoms. The van der Waals surface area contributed by atoms with Crippen molar-refractivity contribution in [3.05, 3.63) is 34.9 Å². The van der Waals surface area contributed by atoms with Gasteiger partial charge in [0.1, 0.15) is 0 Å². The van der Waals surface area contributed by atoms with Crippen LogP contribution < -0.4 is 0 Å². The van der Waals surface area contributed by atoms with Crippen LogP contribution in [0, 0.1) is 6.92 Å². The topological polar surface area (TPSA) is 63.6 Å². The van der Waals surface area contributed by atoms with Crippen LogP contribution in [0.25, 0.3) is 0 Å². The maximum atomic E-state index is 10.6. The van der Waals surface area contributed by atoms with Gasteiger partial charge in [-0.2, -0.15) is 8.42 Å². The molecule has 0 fully saturated rings. The fraction of sp³-hybridized carbons (Fsp3) is 0.538. The average molecular weight is 272 g/mol. The first-order valence-corrected chi connectivity index (χ1v) is 7.64. The molecule has 0 spiro atoms. The fourth-order valence-electron chi connectivity index (χ4n) is 1.75. The highest BCUT2D eigenvalue weighted by atomic mass is 32.2. The van der Waals surface area contributed by atoms with Gasteiger partial charge in [-0.15, -0.1) is 0 Å². The highest BCUT2D eigenvalue weighted by Gasteiger charge is 2.05. The summed E-state index contributed by atoms with van der Waals surface area (Å²) in [5, 5.41) is 0. The lowest BCUT2D eigenvalue weighted by Crippen LogP contribution is -2.05. The molecule has 0 atom stereocenters. The van der Waals surface area contributed by atoms with Gasteiger partial charge in [-0.05, 0) is 43.4 Å². The summed E-state index contributed by atoms with van der Waals surface area (Å²) in [4.78, 5) is 0. The molecule has 0 saturated heterocycles. The van der Waals surface area contributed by atoms with Gasteiger partial charge in [-0.25, -0.2) is 0 Å². The Hall–Kier alpha value is -0.910. The van der Waals surface area contributed by atoms with E-state index in [0.717, 1.165) is 16.7 Å². The second-order valence-electron chi connectivity index (χ2n) is 4.29. The van der Waals surface area contributed by atoms with Crippen LogP contribution in [0.3, 0.4) is 0 Å². The molecule has 102 valence electrons. The molecule has 4 nitrogen and oxygen atoms in total. The summed E-state index contributed by atoms with van der Waals surface area (Å²) >= 11 is 0. The van der Waals surface area contributed by atoms with Crippen LogP contribution in [-0.2, 0) is 27.9 Å². The highest BCUT2D eigenvalue weighted by Crippen LogP contribution is 2.14. The molecule has 0 aromatic heterocycles. The summed E-state index contributed by atoms with van der Waals surface area (Å²) in [6, 6.07) is 6.03. The fourth-order valence-corrected chi connectivity index (χ4v) is 2.26. The Morgan fingerprint density at radius 2 is 2.06 bits per heavy atom. The van der Waals surface area contributed by atoms with Crippen molar-refractivity contribution >= 4 is 10.1 Å². The summed E-state index contributed by atoms with van der Waals surface area (Å²) in [7, 11) is -3.84. The number of ether oxygens (including phenoxy) is 1. The third kappa shape index (κ3) is 5.62. The molecule has 5 heteroatoms. The van der Waals surface area contributed by atoms with Crippen molar-refractivity contribution in [3.63, 3.8) is 0 Å². The number of hydrogen-bond acceptors (Lipinski definition) is 3. The Balaban J connectivity index is 2.56. The molecule has 0 saturated carbocycles. The largest absolute Gasteiger partial charge is 0.377 e. The van der Waals surface area contributed by atoms with Crippen molar-refractivity contribution in [2.45, 2.75) is 33.3 Å². The van der Waals surface area contributed by atoms with Crippen molar-refractivity contribution in [1.29, 1.82) is 0 Å². The summed E-state index contributed by atoms with van der Waals surface area (Å²) in [5.74, 6) is -0.188. The van der Waals surface area contributed by atoms with Crippen LogP contribution in [-0.4, -0.2) is 25.3 Å². The zero-order valence-electron chi connectivity index (χ0n) is 10.8. The number of benzene rings is 1. The lowest BCUT2D eigenvalue weighted by molar-refractivity contribution is 0.133. The first kappa shape index (κ1) is 15.1. The van der Waals surface area contributed by atoms with E-state index in [2.05, 4.69) is 0 Å². The van der Waals surface area contributed by atoms with E-state index in [1.807, 2.05) is 32.0 Å². The third-order valence-corrected chi connectivity index (χ3v) is 3.54. The predicted octanol–water partition coefficient (Wildman–Crippen LogP) is 2.35. The molecule has 0 bridgehead atoms. The molecule has 0 unspecified atom stereocenters. The Morgan fingerprint density at radius 1 is 1.33 bits per heavy atom. The standard InChI is InChI=1S/C13H20O4S/c1-3-17-10-13-7-6-12(9-11(13)2)5-4-8-18(14,15)16/h6-7,9H,3-5,8,10H2,1-2H3,(H,14,15,16). The molecule has 0 heterocycles. The van der Waals surface area contributed by atoms with Crippen molar-refractivity contribution < 1.29 is 17.7 Å². The molecule has 0 aliphatic rings. The molecular formula is C13H20O4S. The zero-order valence-corrected chi connectivity index (χ0v) is 11.7. The minimum Gasteiger partial charge on any atom is -0.377 e. The van der Waals surface area contributed by atoms with Gasteiger partial charge in [0.25, 0.3) is 10.1 Å². The molecule has 0 aliphatic heterocycles. The molecule has 0 aliphatic carbocycles. The average Bonchev–Trinajstić information content (AvgIpc) is 2.26. The molecule has 1 N–H and O–H groups in total. The highest BCUT2D eigenvalue weighted by molar-refractivity contribution is 7.85. The van der Waals surface area contributed by atoms with E-state index in [1.54, 1.807) is 0 Å². The quantitative estimate of drug-likeness (QED) is 0.774. The molecule has 0 radical (unpaired) electrons. The molecule has 1 aromatic rings. The van der Waals surface area contributed by atoms with Crippen LogP contribution in [0.2, 0.25) is 0 Å². The predicted molar refractivity (Wildman–Crippen MR) is 71.2 cm³/mol. The molecule has 1 rings (SSSR count). The second kappa shape index (κ2) is 6.87. The van der Waals surface area contributed by atoms with Crippen LogP contribution in [0.5, 0.6) is 0 Å². The number of hydrogen-bond donors (Lipinski definition) is 1. The van der Waals surface area contributed by atoms with Gasteiger partial charge in [0.2, 0.25) is 0 Å². The van der Waals surface area contributed by atoms with E-state index in [1.165, 1.54) is 0 Å². The van der Waals surface area contributed by atoms with Gasteiger partial charge in [0.05, 0.1) is 12.4 Å². The first-order chi connectivity index (χ1) is 8.42. The summed E-state index contributed by atoms with van der Waals surface area (Å²) in [6.45, 7) is 5.27. The van der Waals surface area contributed by atoms with Gasteiger partial charge < -0.3 is 4.74 Å². The normalized spacial score (nSPS) is 11.7. The van der Waals surface area contributed by atoms with E-state index >= 15 is 0 Å². The molecular weight excluding hydrogens is 252 g/mol. The van der Waals surface area contributed by atoms with Gasteiger partial charge in [0, 0.05) is 6.61 Å². The second-order valence-corrected chi connectivity index (χ2v) is 5.86. The minimum absolute atomic E-state index is 0.188. The van der Waals surface area contributed by atoms with Crippen molar-refractivity contribution in [2.75, 3.05) is 12.4 Å². The van der Waals surface area contributed by atoms with Crippen LogP contribution >= 0.6 is 0 Å². The Labute approximate surface area is 109 Å². The summed E-state index contributed by atoms with van der Waals surface area (Å²) in [6.07, 6.45) is 1.08. The zero-order chi connectivity index (χ0) is 13.6. The molecule has 0 amide bonds. The lowest BCUT2D eigenvalue weighted by atomic mass is 10.0. The smallest absolute Gasteiger partial charge is 0.264 e. The molecule has 1 aromatic carbocycles. The van der Waals surface area contributed by atoms with Crippen LogP contribution in [0.15, 0.2) is 18.2 Å². The van der Waals surface area contributed by atoms with Crippen molar-refractivity contribution in [1.82, 2.24) is 0 Å². The Morgan fingerprint density at radius 3 is 2.61 bits per heavy atom. The van der Waals surface area contributed by atoms with E-state index in [-0.39, 0.29) is 5.75 Å². The van der Waals surface area contributed by atoms with Gasteiger partial charge in [-0.3, -0.25) is 4.55 Å². The third-order valence-electron chi connectivity index (χ3n) is 2.74. The van der Waals surface area contributed by atoms with E-state index in [9.17, 15) is 8.42 Å². The summed E-state index contributed by atoms with van der Waals surface area (Å²) < 4.78 is 35.2. The summed E-state index contributed by atoms with van der Waals surface area (Å²) in [5.41, 5.74) is 3.37. The number of aryl methyl sites for hydroxylation is 2. The van der Waals surface area contributed by atoms with Crippen LogP contribution in [0.1, 0.15) is 30.0 Å². The Bertz CT molecular complexity index is 480. The SMILES string of the molecule is CCOCc1ccc(CCCS(=O)(=O)O)cc1C. The lowest BCUT2D eigenvalue weighted by Gasteiger charge is -2.08. The van der Waals surface area contributed by atoms with E-state index in [0.29, 0.717) is 26.1 Å². The van der Waals surface area contributed by atoms with Gasteiger partial charge in [-0.1, -0.05) is 18.2 Å². The first-order valence-electron chi connectivity index (χ1n) is 6.03. The van der Waals surface area contributed by atoms with Crippen LogP contribution in [0.4, 0.5) is 0 Å². The maximum Gasteiger partial charge on any atom is 0.264 e. The number of rotatable bonds is 7. The monoisotopic (exact) mass is 272 g/mol. The van der Waals surface area contributed by atoms with Crippen molar-refractivity contribution in [3.8, 4) is 0 Å².